The van der Waals surface area contributed by atoms with Gasteiger partial charge in [-0.05, 0) is 49.9 Å². The Morgan fingerprint density at radius 1 is 1.32 bits per heavy atom. The molecule has 0 radical (unpaired) electrons. The molecule has 3 unspecified atom stereocenters. The first-order valence-corrected chi connectivity index (χ1v) is 6.94. The number of hydrogen-bond acceptors (Lipinski definition) is 2. The van der Waals surface area contributed by atoms with Crippen LogP contribution in [0.3, 0.4) is 0 Å². The molecule has 2 rings (SSSR count). The van der Waals surface area contributed by atoms with E-state index in [-0.39, 0.29) is 12.1 Å². The third kappa shape index (κ3) is 3.12. The lowest BCUT2D eigenvalue weighted by Crippen LogP contribution is -2.49. The summed E-state index contributed by atoms with van der Waals surface area (Å²) in [6.45, 7) is 5.71. The minimum atomic E-state index is -0.517. The summed E-state index contributed by atoms with van der Waals surface area (Å²) >= 11 is 0. The molecule has 1 saturated heterocycles. The first-order chi connectivity index (χ1) is 9.02. The van der Waals surface area contributed by atoms with Crippen LogP contribution in [0.4, 0.5) is 8.78 Å². The van der Waals surface area contributed by atoms with Crippen LogP contribution < -0.4 is 5.73 Å². The van der Waals surface area contributed by atoms with Crippen molar-refractivity contribution in [3.05, 3.63) is 35.4 Å². The fourth-order valence-corrected chi connectivity index (χ4v) is 3.14. The molecule has 3 atom stereocenters. The van der Waals surface area contributed by atoms with Gasteiger partial charge < -0.3 is 5.73 Å². The smallest absolute Gasteiger partial charge is 0.126 e. The molecule has 0 bridgehead atoms. The van der Waals surface area contributed by atoms with Crippen LogP contribution in [0.25, 0.3) is 0 Å². The summed E-state index contributed by atoms with van der Waals surface area (Å²) < 4.78 is 26.7. The topological polar surface area (TPSA) is 29.3 Å². The number of nitrogens with two attached hydrogens (primary N) is 1. The Morgan fingerprint density at radius 2 is 1.95 bits per heavy atom. The molecule has 1 fully saturated rings. The van der Waals surface area contributed by atoms with Gasteiger partial charge in [0.15, 0.2) is 0 Å². The molecule has 106 valence electrons. The number of likely N-dealkylation sites (tertiary alicyclic amines) is 1. The van der Waals surface area contributed by atoms with Crippen molar-refractivity contribution in [3.8, 4) is 0 Å². The number of piperidine rings is 1. The maximum atomic E-state index is 13.3. The number of nitrogens with zero attached hydrogens (tertiary/aromatic N) is 1. The maximum absolute atomic E-state index is 13.3. The van der Waals surface area contributed by atoms with Gasteiger partial charge in [0.2, 0.25) is 0 Å². The number of hydrogen-bond donors (Lipinski definition) is 1. The lowest BCUT2D eigenvalue weighted by Gasteiger charge is -2.43. The molecule has 1 aliphatic heterocycles. The summed E-state index contributed by atoms with van der Waals surface area (Å²) in [4.78, 5) is 2.28. The van der Waals surface area contributed by atoms with Crippen molar-refractivity contribution in [2.45, 2.75) is 38.8 Å². The SMILES string of the molecule is CC1CCCN(C(C)c2cc(F)cc(F)c2)C1CN. The molecule has 0 spiro atoms. The van der Waals surface area contributed by atoms with E-state index >= 15 is 0 Å². The van der Waals surface area contributed by atoms with Gasteiger partial charge >= 0.3 is 0 Å². The van der Waals surface area contributed by atoms with Gasteiger partial charge in [-0.2, -0.15) is 0 Å². The predicted octanol–water partition coefficient (Wildman–Crippen LogP) is 3.09. The normalized spacial score (nSPS) is 26.4. The van der Waals surface area contributed by atoms with E-state index in [9.17, 15) is 8.78 Å². The summed E-state index contributed by atoms with van der Waals surface area (Å²) in [5, 5.41) is 0. The van der Waals surface area contributed by atoms with E-state index in [4.69, 9.17) is 5.73 Å². The van der Waals surface area contributed by atoms with Gasteiger partial charge in [-0.1, -0.05) is 6.92 Å². The van der Waals surface area contributed by atoms with Crippen LogP contribution in [0, 0.1) is 17.6 Å². The molecule has 0 amide bonds. The third-order valence-electron chi connectivity index (χ3n) is 4.26. The van der Waals surface area contributed by atoms with E-state index in [1.54, 1.807) is 0 Å². The van der Waals surface area contributed by atoms with Gasteiger partial charge in [0, 0.05) is 24.7 Å². The monoisotopic (exact) mass is 268 g/mol. The predicted molar refractivity (Wildman–Crippen MR) is 72.7 cm³/mol. The molecule has 1 aromatic rings. The average Bonchev–Trinajstić information content (AvgIpc) is 2.36. The van der Waals surface area contributed by atoms with Crippen LogP contribution in [0.5, 0.6) is 0 Å². The number of rotatable bonds is 3. The van der Waals surface area contributed by atoms with Gasteiger partial charge in [-0.25, -0.2) is 8.78 Å². The lowest BCUT2D eigenvalue weighted by molar-refractivity contribution is 0.0687. The Bertz CT molecular complexity index is 416. The van der Waals surface area contributed by atoms with Gasteiger partial charge in [0.25, 0.3) is 0 Å². The van der Waals surface area contributed by atoms with Crippen LogP contribution in [0.2, 0.25) is 0 Å². The highest BCUT2D eigenvalue weighted by Gasteiger charge is 2.31. The highest BCUT2D eigenvalue weighted by molar-refractivity contribution is 5.21. The summed E-state index contributed by atoms with van der Waals surface area (Å²) in [5.74, 6) is -0.507. The standard InChI is InChI=1S/C15H22F2N2/c1-10-4-3-5-19(15(10)9-18)11(2)12-6-13(16)8-14(17)7-12/h6-8,10-11,15H,3-5,9,18H2,1-2H3. The summed E-state index contributed by atoms with van der Waals surface area (Å²) in [6.07, 6.45) is 2.28. The largest absolute Gasteiger partial charge is 0.329 e. The van der Waals surface area contributed by atoms with Crippen molar-refractivity contribution in [1.29, 1.82) is 0 Å². The van der Waals surface area contributed by atoms with Crippen LogP contribution in [0.1, 0.15) is 38.3 Å². The molecule has 4 heteroatoms. The molecule has 1 aliphatic rings. The molecule has 19 heavy (non-hydrogen) atoms. The van der Waals surface area contributed by atoms with Crippen LogP contribution in [-0.2, 0) is 0 Å². The zero-order valence-corrected chi connectivity index (χ0v) is 11.6. The molecule has 2 N–H and O–H groups in total. The zero-order valence-electron chi connectivity index (χ0n) is 11.6. The first-order valence-electron chi connectivity index (χ1n) is 6.94. The second-order valence-corrected chi connectivity index (χ2v) is 5.54. The Kier molecular flexibility index (Phi) is 4.53. The molecule has 1 aromatic carbocycles. The van der Waals surface area contributed by atoms with Gasteiger partial charge in [-0.3, -0.25) is 4.90 Å². The molecular formula is C15H22F2N2. The second-order valence-electron chi connectivity index (χ2n) is 5.54. The van der Waals surface area contributed by atoms with Gasteiger partial charge in [0.1, 0.15) is 11.6 Å². The van der Waals surface area contributed by atoms with Gasteiger partial charge in [-0.15, -0.1) is 0 Å². The third-order valence-corrected chi connectivity index (χ3v) is 4.26. The quantitative estimate of drug-likeness (QED) is 0.912. The molecule has 2 nitrogen and oxygen atoms in total. The zero-order chi connectivity index (χ0) is 14.0. The van der Waals surface area contributed by atoms with Crippen molar-refractivity contribution < 1.29 is 8.78 Å². The Morgan fingerprint density at radius 3 is 2.53 bits per heavy atom. The van der Waals surface area contributed by atoms with Crippen molar-refractivity contribution in [3.63, 3.8) is 0 Å². The van der Waals surface area contributed by atoms with E-state index in [1.807, 2.05) is 6.92 Å². The van der Waals surface area contributed by atoms with E-state index in [1.165, 1.54) is 18.6 Å². The molecule has 1 heterocycles. The Labute approximate surface area is 113 Å². The highest BCUT2D eigenvalue weighted by atomic mass is 19.1. The summed E-state index contributed by atoms with van der Waals surface area (Å²) in [5.41, 5.74) is 6.56. The Hall–Kier alpha value is -1.00. The van der Waals surface area contributed by atoms with Crippen molar-refractivity contribution in [1.82, 2.24) is 4.90 Å². The lowest BCUT2D eigenvalue weighted by atomic mass is 9.88. The van der Waals surface area contributed by atoms with E-state index in [0.29, 0.717) is 18.0 Å². The van der Waals surface area contributed by atoms with Crippen LogP contribution in [-0.4, -0.2) is 24.0 Å². The van der Waals surface area contributed by atoms with Crippen molar-refractivity contribution in [2.24, 2.45) is 11.7 Å². The minimum Gasteiger partial charge on any atom is -0.329 e. The molecule has 0 aromatic heterocycles. The first kappa shape index (κ1) is 14.4. The van der Waals surface area contributed by atoms with E-state index in [2.05, 4.69) is 11.8 Å². The van der Waals surface area contributed by atoms with Crippen LogP contribution in [0.15, 0.2) is 18.2 Å². The minimum absolute atomic E-state index is 0.0125. The number of benzene rings is 1. The summed E-state index contributed by atoms with van der Waals surface area (Å²) in [6, 6.07) is 4.02. The molecular weight excluding hydrogens is 246 g/mol. The Balaban J connectivity index is 2.23. The van der Waals surface area contributed by atoms with Crippen molar-refractivity contribution in [2.75, 3.05) is 13.1 Å². The fourth-order valence-electron chi connectivity index (χ4n) is 3.14. The maximum Gasteiger partial charge on any atom is 0.126 e. The van der Waals surface area contributed by atoms with Crippen molar-refractivity contribution >= 4 is 0 Å². The molecule has 0 saturated carbocycles. The van der Waals surface area contributed by atoms with E-state index in [0.717, 1.165) is 19.0 Å². The fraction of sp³-hybridized carbons (Fsp3) is 0.600. The second kappa shape index (κ2) is 5.97. The molecule has 0 aliphatic carbocycles. The van der Waals surface area contributed by atoms with Gasteiger partial charge in [0.05, 0.1) is 0 Å². The number of halogens is 2. The van der Waals surface area contributed by atoms with Crippen LogP contribution >= 0.6 is 0 Å². The highest BCUT2D eigenvalue weighted by Crippen LogP contribution is 2.31. The van der Waals surface area contributed by atoms with E-state index < -0.39 is 11.6 Å². The summed E-state index contributed by atoms with van der Waals surface area (Å²) in [7, 11) is 0. The average molecular weight is 268 g/mol.